The molecule has 0 radical (unpaired) electrons. The summed E-state index contributed by atoms with van der Waals surface area (Å²) in [5, 5.41) is 14.7. The lowest BCUT2D eigenvalue weighted by atomic mass is 10.1. The van der Waals surface area contributed by atoms with Crippen LogP contribution in [0.2, 0.25) is 0 Å². The third-order valence-corrected chi connectivity index (χ3v) is 2.02. The van der Waals surface area contributed by atoms with Gasteiger partial charge in [-0.3, -0.25) is 10.8 Å². The smallest absolute Gasteiger partial charge is 0.122 e. The standard InChI is InChI=1S/C11H13FN2O/c1-2-8(6-12)7-15-9-3-4-10(13)11(14)5-9/h3-6,13-14H,2,7H2,1H3/b8-6-,13-10?,14-11?. The molecule has 0 saturated carbocycles. The Morgan fingerprint density at radius 1 is 1.40 bits per heavy atom. The second-order valence-corrected chi connectivity index (χ2v) is 3.12. The maximum atomic E-state index is 12.2. The highest BCUT2D eigenvalue weighted by atomic mass is 19.1. The molecule has 0 amide bonds. The Bertz CT molecular complexity index is 367. The number of halogens is 1. The average Bonchev–Trinajstić information content (AvgIpc) is 2.24. The van der Waals surface area contributed by atoms with Crippen molar-refractivity contribution in [2.45, 2.75) is 13.3 Å². The molecule has 1 aliphatic rings. The molecule has 0 aromatic rings. The Morgan fingerprint density at radius 3 is 2.67 bits per heavy atom. The van der Waals surface area contributed by atoms with Crippen molar-refractivity contribution in [3.05, 3.63) is 35.9 Å². The van der Waals surface area contributed by atoms with Gasteiger partial charge in [-0.15, -0.1) is 0 Å². The van der Waals surface area contributed by atoms with Crippen molar-refractivity contribution in [2.75, 3.05) is 6.61 Å². The maximum absolute atomic E-state index is 12.2. The van der Waals surface area contributed by atoms with Crippen molar-refractivity contribution in [3.63, 3.8) is 0 Å². The molecule has 80 valence electrons. The first-order chi connectivity index (χ1) is 7.17. The molecule has 0 spiro atoms. The van der Waals surface area contributed by atoms with Crippen LogP contribution in [0.15, 0.2) is 35.9 Å². The Morgan fingerprint density at radius 2 is 2.13 bits per heavy atom. The van der Waals surface area contributed by atoms with Crippen LogP contribution >= 0.6 is 0 Å². The van der Waals surface area contributed by atoms with Gasteiger partial charge in [0.2, 0.25) is 0 Å². The quantitative estimate of drug-likeness (QED) is 0.686. The molecule has 0 aromatic carbocycles. The lowest BCUT2D eigenvalue weighted by molar-refractivity contribution is 0.249. The minimum absolute atomic E-state index is 0.106. The SMILES string of the molecule is CC/C(=C/F)COC1=CC(=N)C(=N)C=C1. The second kappa shape index (κ2) is 5.24. The van der Waals surface area contributed by atoms with Gasteiger partial charge in [-0.05, 0) is 24.1 Å². The Balaban J connectivity index is 2.54. The lowest BCUT2D eigenvalue weighted by Crippen LogP contribution is -2.11. The zero-order chi connectivity index (χ0) is 11.3. The summed E-state index contributed by atoms with van der Waals surface area (Å²) in [7, 11) is 0. The van der Waals surface area contributed by atoms with Crippen molar-refractivity contribution in [2.24, 2.45) is 0 Å². The minimum atomic E-state index is 0.106. The van der Waals surface area contributed by atoms with Crippen molar-refractivity contribution in [1.82, 2.24) is 0 Å². The summed E-state index contributed by atoms with van der Waals surface area (Å²) in [5.74, 6) is 0.490. The highest BCUT2D eigenvalue weighted by molar-refractivity contribution is 6.48. The molecule has 0 unspecified atom stereocenters. The van der Waals surface area contributed by atoms with E-state index in [1.807, 2.05) is 6.92 Å². The summed E-state index contributed by atoms with van der Waals surface area (Å²) >= 11 is 0. The van der Waals surface area contributed by atoms with Crippen LogP contribution in [-0.4, -0.2) is 18.0 Å². The van der Waals surface area contributed by atoms with E-state index >= 15 is 0 Å². The number of rotatable bonds is 4. The van der Waals surface area contributed by atoms with Crippen molar-refractivity contribution in [1.29, 1.82) is 10.8 Å². The van der Waals surface area contributed by atoms with E-state index in [2.05, 4.69) is 0 Å². The highest BCUT2D eigenvalue weighted by Gasteiger charge is 2.07. The van der Waals surface area contributed by atoms with Gasteiger partial charge in [0.1, 0.15) is 12.4 Å². The van der Waals surface area contributed by atoms with Crippen LogP contribution < -0.4 is 0 Å². The van der Waals surface area contributed by atoms with Gasteiger partial charge < -0.3 is 4.74 Å². The summed E-state index contributed by atoms with van der Waals surface area (Å²) in [6.45, 7) is 2.03. The molecule has 1 rings (SSSR count). The highest BCUT2D eigenvalue weighted by Crippen LogP contribution is 2.10. The summed E-state index contributed by atoms with van der Waals surface area (Å²) in [6.07, 6.45) is 5.68. The number of nitrogens with one attached hydrogen (secondary N) is 2. The molecule has 2 N–H and O–H groups in total. The Labute approximate surface area is 88.0 Å². The normalized spacial score (nSPS) is 16.7. The molecule has 0 atom stereocenters. The Hall–Kier alpha value is -1.71. The van der Waals surface area contributed by atoms with E-state index in [1.165, 1.54) is 12.2 Å². The van der Waals surface area contributed by atoms with Crippen LogP contribution in [0.5, 0.6) is 0 Å². The Kier molecular flexibility index (Phi) is 3.97. The third kappa shape index (κ3) is 3.16. The average molecular weight is 208 g/mol. The zero-order valence-corrected chi connectivity index (χ0v) is 8.51. The van der Waals surface area contributed by atoms with Crippen LogP contribution in [0.1, 0.15) is 13.3 Å². The summed E-state index contributed by atoms with van der Waals surface area (Å²) in [4.78, 5) is 0. The zero-order valence-electron chi connectivity index (χ0n) is 8.51. The molecule has 0 aromatic heterocycles. The molecule has 4 heteroatoms. The molecule has 15 heavy (non-hydrogen) atoms. The molecule has 0 heterocycles. The van der Waals surface area contributed by atoms with Gasteiger partial charge in [0, 0.05) is 6.08 Å². The molecule has 1 aliphatic carbocycles. The largest absolute Gasteiger partial charge is 0.489 e. The van der Waals surface area contributed by atoms with E-state index in [-0.39, 0.29) is 18.0 Å². The summed E-state index contributed by atoms with van der Waals surface area (Å²) in [5.41, 5.74) is 0.824. The third-order valence-electron chi connectivity index (χ3n) is 2.02. The molecular weight excluding hydrogens is 195 g/mol. The van der Waals surface area contributed by atoms with Gasteiger partial charge in [-0.1, -0.05) is 6.92 Å². The van der Waals surface area contributed by atoms with E-state index in [0.717, 1.165) is 0 Å². The lowest BCUT2D eigenvalue weighted by Gasteiger charge is -2.11. The van der Waals surface area contributed by atoms with Crippen LogP contribution in [0, 0.1) is 10.8 Å². The molecule has 0 aliphatic heterocycles. The molecule has 0 saturated heterocycles. The fourth-order valence-corrected chi connectivity index (χ4v) is 1.000. The van der Waals surface area contributed by atoms with Gasteiger partial charge in [0.05, 0.1) is 17.8 Å². The predicted molar refractivity (Wildman–Crippen MR) is 58.1 cm³/mol. The van der Waals surface area contributed by atoms with E-state index in [0.29, 0.717) is 24.1 Å². The number of allylic oxidation sites excluding steroid dienone is 3. The van der Waals surface area contributed by atoms with Gasteiger partial charge in [0.15, 0.2) is 0 Å². The molecule has 0 fully saturated rings. The van der Waals surface area contributed by atoms with Crippen LogP contribution in [0.3, 0.4) is 0 Å². The van der Waals surface area contributed by atoms with E-state index in [1.54, 1.807) is 6.08 Å². The van der Waals surface area contributed by atoms with Crippen molar-refractivity contribution >= 4 is 11.4 Å². The van der Waals surface area contributed by atoms with Gasteiger partial charge in [-0.25, -0.2) is 4.39 Å². The van der Waals surface area contributed by atoms with Gasteiger partial charge in [0.25, 0.3) is 0 Å². The van der Waals surface area contributed by atoms with E-state index < -0.39 is 0 Å². The molecule has 3 nitrogen and oxygen atoms in total. The van der Waals surface area contributed by atoms with Crippen molar-refractivity contribution in [3.8, 4) is 0 Å². The van der Waals surface area contributed by atoms with Crippen LogP contribution in [0.4, 0.5) is 4.39 Å². The summed E-state index contributed by atoms with van der Waals surface area (Å²) in [6, 6.07) is 0. The second-order valence-electron chi connectivity index (χ2n) is 3.12. The van der Waals surface area contributed by atoms with Crippen molar-refractivity contribution < 1.29 is 9.13 Å². The fourth-order valence-electron chi connectivity index (χ4n) is 1.000. The molecule has 0 bridgehead atoms. The van der Waals surface area contributed by atoms with Gasteiger partial charge in [-0.2, -0.15) is 0 Å². The fraction of sp³-hybridized carbons (Fsp3) is 0.273. The monoisotopic (exact) mass is 208 g/mol. The number of hydrogen-bond acceptors (Lipinski definition) is 3. The summed E-state index contributed by atoms with van der Waals surface area (Å²) < 4.78 is 17.5. The van der Waals surface area contributed by atoms with Crippen LogP contribution in [-0.2, 0) is 4.74 Å². The first-order valence-corrected chi connectivity index (χ1v) is 4.65. The minimum Gasteiger partial charge on any atom is -0.489 e. The molecular formula is C11H13FN2O. The number of ether oxygens (including phenoxy) is 1. The van der Waals surface area contributed by atoms with Crippen LogP contribution in [0.25, 0.3) is 0 Å². The first-order valence-electron chi connectivity index (χ1n) is 4.65. The predicted octanol–water partition coefficient (Wildman–Crippen LogP) is 2.76. The number of hydrogen-bond donors (Lipinski definition) is 2. The topological polar surface area (TPSA) is 56.9 Å². The van der Waals surface area contributed by atoms with E-state index in [9.17, 15) is 4.39 Å². The van der Waals surface area contributed by atoms with E-state index in [4.69, 9.17) is 15.6 Å². The maximum Gasteiger partial charge on any atom is 0.122 e. The first kappa shape index (κ1) is 11.4. The van der Waals surface area contributed by atoms with Gasteiger partial charge >= 0.3 is 0 Å².